The number of amides is 1. The van der Waals surface area contributed by atoms with Crippen LogP contribution in [0, 0.1) is 35.0 Å². The molecule has 6 heteroatoms. The predicted octanol–water partition coefficient (Wildman–Crippen LogP) is 1.85. The molecule has 1 aliphatic carbocycles. The Bertz CT molecular complexity index is 684. The molecule has 2 saturated heterocycles. The molecule has 132 valence electrons. The number of ether oxygens (including phenoxy) is 2. The number of rotatable bonds is 5. The van der Waals surface area contributed by atoms with Gasteiger partial charge in [-0.2, -0.15) is 5.26 Å². The van der Waals surface area contributed by atoms with E-state index in [1.54, 1.807) is 12.1 Å². The fourth-order valence-corrected chi connectivity index (χ4v) is 4.02. The van der Waals surface area contributed by atoms with E-state index in [0.29, 0.717) is 41.7 Å². The summed E-state index contributed by atoms with van der Waals surface area (Å²) in [5.41, 5.74) is 0.528. The SMILES string of the molecule is C[C@H]1C[C@H]1C(=O)N1C[C@H]2[C@@H](CCOc3ccc(C#N)cn3)CO[C@H]2C1. The molecule has 0 spiro atoms. The van der Waals surface area contributed by atoms with E-state index in [9.17, 15) is 4.79 Å². The quantitative estimate of drug-likeness (QED) is 0.817. The second-order valence-electron chi connectivity index (χ2n) is 7.49. The molecule has 6 nitrogen and oxygen atoms in total. The molecule has 5 atom stereocenters. The minimum Gasteiger partial charge on any atom is -0.478 e. The fraction of sp³-hybridized carbons (Fsp3) is 0.632. The lowest BCUT2D eigenvalue weighted by Gasteiger charge is -2.20. The maximum absolute atomic E-state index is 12.4. The summed E-state index contributed by atoms with van der Waals surface area (Å²) >= 11 is 0. The van der Waals surface area contributed by atoms with Crippen molar-refractivity contribution in [3.63, 3.8) is 0 Å². The highest BCUT2D eigenvalue weighted by Gasteiger charge is 2.49. The number of carbonyl (C=O) groups is 1. The maximum Gasteiger partial charge on any atom is 0.226 e. The lowest BCUT2D eigenvalue weighted by atomic mass is 9.91. The third-order valence-corrected chi connectivity index (χ3v) is 5.78. The van der Waals surface area contributed by atoms with Gasteiger partial charge in [0.15, 0.2) is 0 Å². The largest absolute Gasteiger partial charge is 0.478 e. The van der Waals surface area contributed by atoms with E-state index in [2.05, 4.69) is 11.9 Å². The van der Waals surface area contributed by atoms with E-state index >= 15 is 0 Å². The molecule has 2 aliphatic heterocycles. The van der Waals surface area contributed by atoms with Gasteiger partial charge in [-0.05, 0) is 30.7 Å². The Balaban J connectivity index is 1.26. The second kappa shape index (κ2) is 6.64. The van der Waals surface area contributed by atoms with E-state index in [0.717, 1.165) is 32.5 Å². The highest BCUT2D eigenvalue weighted by molar-refractivity contribution is 5.82. The Labute approximate surface area is 147 Å². The number of hydrogen-bond donors (Lipinski definition) is 0. The molecule has 0 radical (unpaired) electrons. The number of fused-ring (bicyclic) bond motifs is 1. The minimum atomic E-state index is 0.191. The number of pyridine rings is 1. The van der Waals surface area contributed by atoms with E-state index in [1.165, 1.54) is 6.20 Å². The first-order valence-corrected chi connectivity index (χ1v) is 9.05. The van der Waals surface area contributed by atoms with Crippen LogP contribution in [-0.2, 0) is 9.53 Å². The summed E-state index contributed by atoms with van der Waals surface area (Å²) in [7, 11) is 0. The van der Waals surface area contributed by atoms with Crippen LogP contribution in [0.15, 0.2) is 18.3 Å². The van der Waals surface area contributed by atoms with Crippen LogP contribution in [0.3, 0.4) is 0 Å². The van der Waals surface area contributed by atoms with Gasteiger partial charge in [0.2, 0.25) is 11.8 Å². The van der Waals surface area contributed by atoms with Gasteiger partial charge in [0.25, 0.3) is 0 Å². The Morgan fingerprint density at radius 1 is 1.48 bits per heavy atom. The van der Waals surface area contributed by atoms with E-state index < -0.39 is 0 Å². The summed E-state index contributed by atoms with van der Waals surface area (Å²) in [5, 5.41) is 8.78. The molecule has 3 fully saturated rings. The predicted molar refractivity (Wildman–Crippen MR) is 89.6 cm³/mol. The van der Waals surface area contributed by atoms with Crippen molar-refractivity contribution in [2.24, 2.45) is 23.7 Å². The number of hydrogen-bond acceptors (Lipinski definition) is 5. The smallest absolute Gasteiger partial charge is 0.226 e. The zero-order valence-electron chi connectivity index (χ0n) is 14.4. The summed E-state index contributed by atoms with van der Waals surface area (Å²) in [6, 6.07) is 5.47. The Morgan fingerprint density at radius 3 is 3.00 bits per heavy atom. The van der Waals surface area contributed by atoms with Gasteiger partial charge >= 0.3 is 0 Å². The fourth-order valence-electron chi connectivity index (χ4n) is 4.02. The molecule has 3 heterocycles. The average Bonchev–Trinajstić information content (AvgIpc) is 3.04. The first kappa shape index (κ1) is 16.3. The summed E-state index contributed by atoms with van der Waals surface area (Å²) in [6.07, 6.45) is 3.64. The standard InChI is InChI=1S/C19H23N3O3/c1-12-6-15(12)19(23)22-9-16-14(11-25-17(16)10-22)4-5-24-18-3-2-13(7-20)8-21-18/h2-3,8,12,14-17H,4-6,9-11H2,1H3/t12-,14-,15+,16-,17-/m0/s1. The third kappa shape index (κ3) is 3.34. The molecule has 1 aromatic rings. The summed E-state index contributed by atoms with van der Waals surface area (Å²) in [6.45, 7) is 5.05. The Morgan fingerprint density at radius 2 is 2.32 bits per heavy atom. The van der Waals surface area contributed by atoms with Gasteiger partial charge in [0, 0.05) is 37.2 Å². The minimum absolute atomic E-state index is 0.191. The van der Waals surface area contributed by atoms with Crippen molar-refractivity contribution in [2.45, 2.75) is 25.9 Å². The highest BCUT2D eigenvalue weighted by Crippen LogP contribution is 2.42. The molecular formula is C19H23N3O3. The molecule has 4 rings (SSSR count). The van der Waals surface area contributed by atoms with Crippen molar-refractivity contribution in [1.29, 1.82) is 5.26 Å². The van der Waals surface area contributed by atoms with Crippen LogP contribution in [0.5, 0.6) is 5.88 Å². The van der Waals surface area contributed by atoms with Crippen molar-refractivity contribution in [1.82, 2.24) is 9.88 Å². The monoisotopic (exact) mass is 341 g/mol. The van der Waals surface area contributed by atoms with Crippen LogP contribution in [0.2, 0.25) is 0 Å². The molecular weight excluding hydrogens is 318 g/mol. The van der Waals surface area contributed by atoms with Gasteiger partial charge in [-0.3, -0.25) is 4.79 Å². The van der Waals surface area contributed by atoms with Crippen LogP contribution in [0.1, 0.15) is 25.3 Å². The van der Waals surface area contributed by atoms with Gasteiger partial charge < -0.3 is 14.4 Å². The van der Waals surface area contributed by atoms with E-state index in [-0.39, 0.29) is 12.0 Å². The maximum atomic E-state index is 12.4. The lowest BCUT2D eigenvalue weighted by Crippen LogP contribution is -2.32. The van der Waals surface area contributed by atoms with Gasteiger partial charge in [-0.25, -0.2) is 4.98 Å². The van der Waals surface area contributed by atoms with Crippen LogP contribution in [0.4, 0.5) is 0 Å². The van der Waals surface area contributed by atoms with Crippen LogP contribution < -0.4 is 4.74 Å². The number of carbonyl (C=O) groups excluding carboxylic acids is 1. The summed E-state index contributed by atoms with van der Waals surface area (Å²) in [4.78, 5) is 18.6. The lowest BCUT2D eigenvalue weighted by molar-refractivity contribution is -0.132. The van der Waals surface area contributed by atoms with Crippen LogP contribution in [0.25, 0.3) is 0 Å². The van der Waals surface area contributed by atoms with Gasteiger partial charge in [-0.1, -0.05) is 6.92 Å². The molecule has 25 heavy (non-hydrogen) atoms. The number of nitriles is 1. The van der Waals surface area contributed by atoms with Gasteiger partial charge in [0.05, 0.1) is 24.9 Å². The van der Waals surface area contributed by atoms with Gasteiger partial charge in [0.1, 0.15) is 6.07 Å². The van der Waals surface area contributed by atoms with Crippen molar-refractivity contribution in [2.75, 3.05) is 26.3 Å². The summed E-state index contributed by atoms with van der Waals surface area (Å²) < 4.78 is 11.6. The van der Waals surface area contributed by atoms with Crippen LogP contribution in [-0.4, -0.2) is 48.2 Å². The van der Waals surface area contributed by atoms with Crippen molar-refractivity contribution in [3.8, 4) is 11.9 Å². The molecule has 0 bridgehead atoms. The van der Waals surface area contributed by atoms with Crippen molar-refractivity contribution in [3.05, 3.63) is 23.9 Å². The van der Waals surface area contributed by atoms with Crippen molar-refractivity contribution >= 4 is 5.91 Å². The molecule has 1 saturated carbocycles. The molecule has 1 aromatic heterocycles. The molecule has 0 unspecified atom stereocenters. The van der Waals surface area contributed by atoms with Crippen molar-refractivity contribution < 1.29 is 14.3 Å². The second-order valence-corrected chi connectivity index (χ2v) is 7.49. The zero-order valence-corrected chi connectivity index (χ0v) is 14.4. The molecule has 3 aliphatic rings. The van der Waals surface area contributed by atoms with Gasteiger partial charge in [-0.15, -0.1) is 0 Å². The summed E-state index contributed by atoms with van der Waals surface area (Å²) in [5.74, 6) is 2.53. The van der Waals surface area contributed by atoms with E-state index in [4.69, 9.17) is 14.7 Å². The molecule has 0 aromatic carbocycles. The van der Waals surface area contributed by atoms with E-state index in [1.807, 2.05) is 11.0 Å². The first-order valence-electron chi connectivity index (χ1n) is 9.05. The normalized spacial score (nSPS) is 33.0. The topological polar surface area (TPSA) is 75.5 Å². The molecule has 0 N–H and O–H groups in total. The highest BCUT2D eigenvalue weighted by atomic mass is 16.5. The number of nitrogens with zero attached hydrogens (tertiary/aromatic N) is 3. The first-order chi connectivity index (χ1) is 12.2. The number of likely N-dealkylation sites (tertiary alicyclic amines) is 1. The number of aromatic nitrogens is 1. The Kier molecular flexibility index (Phi) is 4.34. The zero-order chi connectivity index (χ0) is 17.4. The average molecular weight is 341 g/mol. The van der Waals surface area contributed by atoms with Crippen LogP contribution >= 0.6 is 0 Å². The molecule has 1 amide bonds. The Hall–Kier alpha value is -2.13. The third-order valence-electron chi connectivity index (χ3n) is 5.78.